The highest BCUT2D eigenvalue weighted by Crippen LogP contribution is 2.61. The Morgan fingerprint density at radius 1 is 1.04 bits per heavy atom. The molecular formula is C21H36N2O2. The standard InChI is InChI=1S/C21H36N2O2/c1-20(2,3)5-6-23(4)19(25)14-22-18(24)13-21-10-15-7-16(11-21)9-17(8-15)12-21/h15-17H,5-14H2,1-4H3,(H,22,24). The molecule has 0 aromatic heterocycles. The molecule has 4 nitrogen and oxygen atoms in total. The van der Waals surface area contributed by atoms with Gasteiger partial charge in [-0.1, -0.05) is 20.8 Å². The van der Waals surface area contributed by atoms with E-state index in [9.17, 15) is 9.59 Å². The highest BCUT2D eigenvalue weighted by atomic mass is 16.2. The number of carbonyl (C=O) groups excluding carboxylic acids is 2. The Kier molecular flexibility index (Phi) is 5.18. The quantitative estimate of drug-likeness (QED) is 0.797. The summed E-state index contributed by atoms with van der Waals surface area (Å²) in [6.07, 6.45) is 9.53. The Morgan fingerprint density at radius 3 is 2.04 bits per heavy atom. The summed E-state index contributed by atoms with van der Waals surface area (Å²) in [7, 11) is 1.83. The smallest absolute Gasteiger partial charge is 0.241 e. The molecule has 4 rings (SSSR count). The lowest BCUT2D eigenvalue weighted by Gasteiger charge is -2.56. The second-order valence-electron chi connectivity index (χ2n) is 10.5. The molecule has 25 heavy (non-hydrogen) atoms. The van der Waals surface area contributed by atoms with E-state index in [4.69, 9.17) is 0 Å². The van der Waals surface area contributed by atoms with Gasteiger partial charge in [-0.05, 0) is 73.5 Å². The SMILES string of the molecule is CN(CCC(C)(C)C)C(=O)CNC(=O)CC12CC3CC(CC(C3)C1)C2. The van der Waals surface area contributed by atoms with Crippen LogP contribution in [-0.2, 0) is 9.59 Å². The van der Waals surface area contributed by atoms with E-state index in [1.807, 2.05) is 7.05 Å². The molecule has 2 amide bonds. The zero-order chi connectivity index (χ0) is 18.2. The molecule has 1 N–H and O–H groups in total. The predicted molar refractivity (Wildman–Crippen MR) is 99.9 cm³/mol. The highest BCUT2D eigenvalue weighted by Gasteiger charge is 2.51. The molecule has 4 heteroatoms. The van der Waals surface area contributed by atoms with E-state index in [1.165, 1.54) is 38.5 Å². The van der Waals surface area contributed by atoms with E-state index in [0.29, 0.717) is 6.42 Å². The molecule has 0 aromatic rings. The molecule has 0 saturated heterocycles. The van der Waals surface area contributed by atoms with Gasteiger partial charge in [-0.15, -0.1) is 0 Å². The Morgan fingerprint density at radius 2 is 1.56 bits per heavy atom. The summed E-state index contributed by atoms with van der Waals surface area (Å²) in [6, 6.07) is 0. The largest absolute Gasteiger partial charge is 0.347 e. The normalized spacial score (nSPS) is 33.4. The second-order valence-corrected chi connectivity index (χ2v) is 10.5. The molecule has 4 saturated carbocycles. The topological polar surface area (TPSA) is 49.4 Å². The van der Waals surface area contributed by atoms with Gasteiger partial charge in [-0.25, -0.2) is 0 Å². The molecule has 4 bridgehead atoms. The molecular weight excluding hydrogens is 312 g/mol. The van der Waals surface area contributed by atoms with Gasteiger partial charge in [0.15, 0.2) is 0 Å². The summed E-state index contributed by atoms with van der Waals surface area (Å²) in [5.41, 5.74) is 0.469. The molecule has 0 aromatic carbocycles. The number of carbonyl (C=O) groups is 2. The number of nitrogens with zero attached hydrogens (tertiary/aromatic N) is 1. The van der Waals surface area contributed by atoms with Crippen molar-refractivity contribution in [2.24, 2.45) is 28.6 Å². The molecule has 4 fully saturated rings. The summed E-state index contributed by atoms with van der Waals surface area (Å²) in [5.74, 6) is 2.69. The Balaban J connectivity index is 1.43. The van der Waals surface area contributed by atoms with Crippen LogP contribution in [0.4, 0.5) is 0 Å². The van der Waals surface area contributed by atoms with E-state index in [-0.39, 0.29) is 29.2 Å². The fourth-order valence-corrected chi connectivity index (χ4v) is 5.85. The highest BCUT2D eigenvalue weighted by molar-refractivity contribution is 5.84. The van der Waals surface area contributed by atoms with Crippen LogP contribution in [0.1, 0.15) is 72.1 Å². The van der Waals surface area contributed by atoms with Gasteiger partial charge in [0.2, 0.25) is 11.8 Å². The maximum atomic E-state index is 12.5. The van der Waals surface area contributed by atoms with E-state index >= 15 is 0 Å². The summed E-state index contributed by atoms with van der Waals surface area (Å²) < 4.78 is 0. The molecule has 0 radical (unpaired) electrons. The third kappa shape index (κ3) is 4.77. The summed E-state index contributed by atoms with van der Waals surface area (Å²) in [6.45, 7) is 7.43. The first-order valence-electron chi connectivity index (χ1n) is 10.1. The monoisotopic (exact) mass is 348 g/mol. The first-order valence-corrected chi connectivity index (χ1v) is 10.1. The van der Waals surface area contributed by atoms with Crippen molar-refractivity contribution >= 4 is 11.8 Å². The maximum absolute atomic E-state index is 12.5. The zero-order valence-corrected chi connectivity index (χ0v) is 16.6. The summed E-state index contributed by atoms with van der Waals surface area (Å²) in [5, 5.41) is 2.91. The third-order valence-electron chi connectivity index (χ3n) is 6.76. The molecule has 4 aliphatic rings. The van der Waals surface area contributed by atoms with Crippen LogP contribution >= 0.6 is 0 Å². The van der Waals surface area contributed by atoms with Gasteiger partial charge < -0.3 is 10.2 Å². The zero-order valence-electron chi connectivity index (χ0n) is 16.6. The van der Waals surface area contributed by atoms with Crippen molar-refractivity contribution in [2.75, 3.05) is 20.1 Å². The third-order valence-corrected chi connectivity index (χ3v) is 6.76. The molecule has 0 unspecified atom stereocenters. The molecule has 0 heterocycles. The minimum absolute atomic E-state index is 0.0168. The number of hydrogen-bond donors (Lipinski definition) is 1. The predicted octanol–water partition coefficient (Wildman–Crippen LogP) is 3.60. The first-order chi connectivity index (χ1) is 11.6. The van der Waals surface area contributed by atoms with Gasteiger partial charge in [0.05, 0.1) is 6.54 Å². The first kappa shape index (κ1) is 18.7. The van der Waals surface area contributed by atoms with Crippen molar-refractivity contribution in [1.29, 1.82) is 0 Å². The van der Waals surface area contributed by atoms with Crippen LogP contribution in [0.5, 0.6) is 0 Å². The average molecular weight is 349 g/mol. The van der Waals surface area contributed by atoms with Crippen molar-refractivity contribution < 1.29 is 9.59 Å². The van der Waals surface area contributed by atoms with Crippen molar-refractivity contribution in [1.82, 2.24) is 10.2 Å². The van der Waals surface area contributed by atoms with Crippen LogP contribution in [0.15, 0.2) is 0 Å². The lowest BCUT2D eigenvalue weighted by molar-refractivity contribution is -0.135. The molecule has 4 aliphatic carbocycles. The van der Waals surface area contributed by atoms with Crippen LogP contribution in [0.2, 0.25) is 0 Å². The lowest BCUT2D eigenvalue weighted by Crippen LogP contribution is -2.48. The number of rotatable bonds is 6. The van der Waals surface area contributed by atoms with Crippen molar-refractivity contribution in [3.8, 4) is 0 Å². The van der Waals surface area contributed by atoms with Gasteiger partial charge in [-0.3, -0.25) is 9.59 Å². The van der Waals surface area contributed by atoms with Crippen LogP contribution in [0.3, 0.4) is 0 Å². The summed E-state index contributed by atoms with van der Waals surface area (Å²) >= 11 is 0. The Bertz CT molecular complexity index is 485. The fraction of sp³-hybridized carbons (Fsp3) is 0.905. The van der Waals surface area contributed by atoms with E-state index in [2.05, 4.69) is 26.1 Å². The van der Waals surface area contributed by atoms with Gasteiger partial charge in [0.25, 0.3) is 0 Å². The Labute approximate surface area is 153 Å². The average Bonchev–Trinajstić information content (AvgIpc) is 2.47. The number of amides is 2. The number of likely N-dealkylation sites (N-methyl/N-ethyl adjacent to an activating group) is 1. The number of nitrogens with one attached hydrogen (secondary N) is 1. The van der Waals surface area contributed by atoms with Crippen LogP contribution in [-0.4, -0.2) is 36.9 Å². The minimum atomic E-state index is 0.0168. The molecule has 142 valence electrons. The number of hydrogen-bond acceptors (Lipinski definition) is 2. The molecule has 0 atom stereocenters. The van der Waals surface area contributed by atoms with E-state index in [1.54, 1.807) is 4.90 Å². The van der Waals surface area contributed by atoms with E-state index in [0.717, 1.165) is 30.7 Å². The maximum Gasteiger partial charge on any atom is 0.241 e. The van der Waals surface area contributed by atoms with Gasteiger partial charge in [0, 0.05) is 20.0 Å². The van der Waals surface area contributed by atoms with Crippen molar-refractivity contribution in [2.45, 2.75) is 72.1 Å². The van der Waals surface area contributed by atoms with Crippen molar-refractivity contribution in [3.05, 3.63) is 0 Å². The van der Waals surface area contributed by atoms with Gasteiger partial charge in [-0.2, -0.15) is 0 Å². The van der Waals surface area contributed by atoms with Gasteiger partial charge >= 0.3 is 0 Å². The summed E-state index contributed by atoms with van der Waals surface area (Å²) in [4.78, 5) is 26.5. The lowest BCUT2D eigenvalue weighted by atomic mass is 9.49. The van der Waals surface area contributed by atoms with Crippen LogP contribution in [0.25, 0.3) is 0 Å². The minimum Gasteiger partial charge on any atom is -0.347 e. The molecule has 0 spiro atoms. The molecule has 0 aliphatic heterocycles. The van der Waals surface area contributed by atoms with E-state index < -0.39 is 0 Å². The van der Waals surface area contributed by atoms with Crippen LogP contribution < -0.4 is 5.32 Å². The Hall–Kier alpha value is -1.06. The van der Waals surface area contributed by atoms with Crippen molar-refractivity contribution in [3.63, 3.8) is 0 Å². The van der Waals surface area contributed by atoms with Gasteiger partial charge in [0.1, 0.15) is 0 Å². The van der Waals surface area contributed by atoms with Crippen LogP contribution in [0, 0.1) is 28.6 Å². The second kappa shape index (κ2) is 6.92. The fourth-order valence-electron chi connectivity index (χ4n) is 5.85.